The highest BCUT2D eigenvalue weighted by Crippen LogP contribution is 2.39. The number of Topliss-reactive ketones (excluding diaryl/α,β-unsaturated/α-hetero) is 1. The molecule has 0 N–H and O–H groups in total. The standard InChI is InChI=1S/C19H18FNO/c1-21(2)12-13-11-17(15-8-5-6-10-18(15)20)14-7-3-4-9-16(14)19(13)22/h3-10,12,17H,11H2,1-2H3/t17-/m1/s1. The summed E-state index contributed by atoms with van der Waals surface area (Å²) in [5.74, 6) is -0.306. The number of hydrogen-bond donors (Lipinski definition) is 0. The molecule has 0 heterocycles. The van der Waals surface area contributed by atoms with Crippen LogP contribution in [0.15, 0.2) is 60.3 Å². The second kappa shape index (κ2) is 5.76. The lowest BCUT2D eigenvalue weighted by atomic mass is 9.76. The van der Waals surface area contributed by atoms with Crippen LogP contribution in [0.3, 0.4) is 0 Å². The summed E-state index contributed by atoms with van der Waals surface area (Å²) in [5.41, 5.74) is 2.95. The fraction of sp³-hybridized carbons (Fsp3) is 0.211. The summed E-state index contributed by atoms with van der Waals surface area (Å²) in [6.07, 6.45) is 2.36. The smallest absolute Gasteiger partial charge is 0.190 e. The number of nitrogens with zero attached hydrogens (tertiary/aromatic N) is 1. The molecule has 1 aliphatic rings. The first-order valence-corrected chi connectivity index (χ1v) is 7.33. The molecule has 0 fully saturated rings. The van der Waals surface area contributed by atoms with Crippen molar-refractivity contribution in [2.24, 2.45) is 0 Å². The summed E-state index contributed by atoms with van der Waals surface area (Å²) >= 11 is 0. The van der Waals surface area contributed by atoms with Crippen molar-refractivity contribution in [2.45, 2.75) is 12.3 Å². The third kappa shape index (κ3) is 2.54. The number of allylic oxidation sites excluding steroid dienone is 1. The number of rotatable bonds is 2. The van der Waals surface area contributed by atoms with E-state index in [1.54, 1.807) is 12.1 Å². The Morgan fingerprint density at radius 2 is 1.68 bits per heavy atom. The van der Waals surface area contributed by atoms with Crippen LogP contribution in [0.1, 0.15) is 33.8 Å². The highest BCUT2D eigenvalue weighted by molar-refractivity contribution is 6.11. The minimum absolute atomic E-state index is 0.0388. The van der Waals surface area contributed by atoms with Crippen molar-refractivity contribution >= 4 is 5.78 Å². The quantitative estimate of drug-likeness (QED) is 0.781. The number of carbonyl (C=O) groups is 1. The predicted octanol–water partition coefficient (Wildman–Crippen LogP) is 3.99. The second-order valence-corrected chi connectivity index (χ2v) is 5.81. The van der Waals surface area contributed by atoms with E-state index in [9.17, 15) is 9.18 Å². The molecular formula is C19H18FNO. The maximum absolute atomic E-state index is 14.2. The van der Waals surface area contributed by atoms with Gasteiger partial charge in [0.15, 0.2) is 5.78 Å². The molecule has 1 aliphatic carbocycles. The van der Waals surface area contributed by atoms with E-state index in [1.807, 2.05) is 55.5 Å². The Labute approximate surface area is 129 Å². The van der Waals surface area contributed by atoms with Crippen LogP contribution >= 0.6 is 0 Å². The zero-order valence-electron chi connectivity index (χ0n) is 12.7. The van der Waals surface area contributed by atoms with Crippen LogP contribution in [0, 0.1) is 5.82 Å². The maximum atomic E-state index is 14.2. The van der Waals surface area contributed by atoms with Crippen molar-refractivity contribution < 1.29 is 9.18 Å². The van der Waals surface area contributed by atoms with Crippen molar-refractivity contribution in [3.8, 4) is 0 Å². The van der Waals surface area contributed by atoms with E-state index in [0.717, 1.165) is 11.1 Å². The van der Waals surface area contributed by atoms with Crippen molar-refractivity contribution in [1.82, 2.24) is 4.90 Å². The van der Waals surface area contributed by atoms with Crippen LogP contribution < -0.4 is 0 Å². The zero-order valence-corrected chi connectivity index (χ0v) is 12.7. The number of carbonyl (C=O) groups excluding carboxylic acids is 1. The van der Waals surface area contributed by atoms with Gasteiger partial charge in [0.2, 0.25) is 0 Å². The largest absolute Gasteiger partial charge is 0.383 e. The molecule has 3 heteroatoms. The summed E-state index contributed by atoms with van der Waals surface area (Å²) < 4.78 is 14.2. The molecule has 22 heavy (non-hydrogen) atoms. The van der Waals surface area contributed by atoms with E-state index in [-0.39, 0.29) is 17.5 Å². The predicted molar refractivity (Wildman–Crippen MR) is 85.4 cm³/mol. The molecule has 2 nitrogen and oxygen atoms in total. The molecule has 0 amide bonds. The zero-order chi connectivity index (χ0) is 15.7. The van der Waals surface area contributed by atoms with Gasteiger partial charge in [0.05, 0.1) is 0 Å². The third-order valence-corrected chi connectivity index (χ3v) is 3.99. The first kappa shape index (κ1) is 14.5. The monoisotopic (exact) mass is 295 g/mol. The Morgan fingerprint density at radius 1 is 1.05 bits per heavy atom. The van der Waals surface area contributed by atoms with Gasteiger partial charge in [-0.1, -0.05) is 42.5 Å². The van der Waals surface area contributed by atoms with Gasteiger partial charge in [-0.3, -0.25) is 4.79 Å². The van der Waals surface area contributed by atoms with Crippen molar-refractivity contribution in [2.75, 3.05) is 14.1 Å². The average molecular weight is 295 g/mol. The lowest BCUT2D eigenvalue weighted by Gasteiger charge is -2.28. The number of halogens is 1. The van der Waals surface area contributed by atoms with Gasteiger partial charge in [-0.05, 0) is 23.6 Å². The Bertz CT molecular complexity index is 749. The van der Waals surface area contributed by atoms with Gasteiger partial charge in [-0.15, -0.1) is 0 Å². The number of ketones is 1. The van der Waals surface area contributed by atoms with Gasteiger partial charge >= 0.3 is 0 Å². The Balaban J connectivity index is 2.16. The highest BCUT2D eigenvalue weighted by atomic mass is 19.1. The van der Waals surface area contributed by atoms with Crippen molar-refractivity contribution in [3.05, 3.63) is 82.8 Å². The molecule has 0 unspecified atom stereocenters. The van der Waals surface area contributed by atoms with Crippen molar-refractivity contribution in [1.29, 1.82) is 0 Å². The minimum Gasteiger partial charge on any atom is -0.383 e. The molecule has 0 radical (unpaired) electrons. The summed E-state index contributed by atoms with van der Waals surface area (Å²) in [6.45, 7) is 0. The van der Waals surface area contributed by atoms with Gasteiger partial charge in [0.1, 0.15) is 5.82 Å². The summed E-state index contributed by atoms with van der Waals surface area (Å²) in [4.78, 5) is 14.5. The van der Waals surface area contributed by atoms with Gasteiger partial charge in [0.25, 0.3) is 0 Å². The summed E-state index contributed by atoms with van der Waals surface area (Å²) in [5, 5.41) is 0. The normalized spacial score (nSPS) is 19.1. The van der Waals surface area contributed by atoms with Gasteiger partial charge in [-0.25, -0.2) is 4.39 Å². The second-order valence-electron chi connectivity index (χ2n) is 5.81. The molecule has 3 rings (SSSR count). The Morgan fingerprint density at radius 3 is 2.36 bits per heavy atom. The SMILES string of the molecule is CN(C)C=C1C[C@@H](c2ccccc2F)c2ccccc2C1=O. The first-order chi connectivity index (χ1) is 10.6. The van der Waals surface area contributed by atoms with E-state index in [2.05, 4.69) is 0 Å². The average Bonchev–Trinajstić information content (AvgIpc) is 2.51. The van der Waals surface area contributed by atoms with Crippen LogP contribution in [0.4, 0.5) is 4.39 Å². The highest BCUT2D eigenvalue weighted by Gasteiger charge is 2.31. The molecule has 0 saturated heterocycles. The van der Waals surface area contributed by atoms with Crippen LogP contribution in [0.5, 0.6) is 0 Å². The van der Waals surface area contributed by atoms with E-state index >= 15 is 0 Å². The molecule has 0 aliphatic heterocycles. The Hall–Kier alpha value is -2.42. The van der Waals surface area contributed by atoms with Gasteiger partial charge in [0, 0.05) is 37.3 Å². The number of fused-ring (bicyclic) bond motifs is 1. The molecule has 0 aromatic heterocycles. The lowest BCUT2D eigenvalue weighted by Crippen LogP contribution is -2.21. The molecular weight excluding hydrogens is 277 g/mol. The lowest BCUT2D eigenvalue weighted by molar-refractivity contribution is 0.102. The molecule has 2 aromatic rings. The summed E-state index contributed by atoms with van der Waals surface area (Å²) in [7, 11) is 3.78. The van der Waals surface area contributed by atoms with Crippen LogP contribution in [-0.4, -0.2) is 24.8 Å². The molecule has 0 saturated carbocycles. The maximum Gasteiger partial charge on any atom is 0.190 e. The summed E-state index contributed by atoms with van der Waals surface area (Å²) in [6, 6.07) is 14.3. The fourth-order valence-electron chi connectivity index (χ4n) is 3.06. The molecule has 1 atom stereocenters. The molecule has 2 aromatic carbocycles. The van der Waals surface area contributed by atoms with E-state index in [0.29, 0.717) is 17.5 Å². The molecule has 0 spiro atoms. The van der Waals surface area contributed by atoms with Crippen LogP contribution in [0.25, 0.3) is 0 Å². The van der Waals surface area contributed by atoms with Gasteiger partial charge < -0.3 is 4.90 Å². The van der Waals surface area contributed by atoms with Crippen LogP contribution in [-0.2, 0) is 0 Å². The Kier molecular flexibility index (Phi) is 3.80. The number of benzene rings is 2. The number of hydrogen-bond acceptors (Lipinski definition) is 2. The minimum atomic E-state index is -0.221. The van der Waals surface area contributed by atoms with E-state index in [1.165, 1.54) is 6.07 Å². The van der Waals surface area contributed by atoms with Crippen molar-refractivity contribution in [3.63, 3.8) is 0 Å². The van der Waals surface area contributed by atoms with E-state index in [4.69, 9.17) is 0 Å². The molecule has 112 valence electrons. The van der Waals surface area contributed by atoms with Crippen LogP contribution in [0.2, 0.25) is 0 Å². The third-order valence-electron chi connectivity index (χ3n) is 3.99. The first-order valence-electron chi connectivity index (χ1n) is 7.33. The van der Waals surface area contributed by atoms with E-state index < -0.39 is 0 Å². The fourth-order valence-corrected chi connectivity index (χ4v) is 3.06. The topological polar surface area (TPSA) is 20.3 Å². The molecule has 0 bridgehead atoms. The van der Waals surface area contributed by atoms with Gasteiger partial charge in [-0.2, -0.15) is 0 Å².